The number of benzene rings is 1. The van der Waals surface area contributed by atoms with Crippen molar-refractivity contribution in [3.8, 4) is 5.75 Å². The molecule has 1 heterocycles. The molecule has 1 aromatic rings. The average molecular weight is 211 g/mol. The zero-order valence-corrected chi connectivity index (χ0v) is 8.59. The van der Waals surface area contributed by atoms with Crippen LogP contribution in [-0.2, 0) is 5.60 Å². The topological polar surface area (TPSA) is 41.5 Å². The third-order valence-electron chi connectivity index (χ3n) is 2.80. The van der Waals surface area contributed by atoms with Gasteiger partial charge < -0.3 is 15.2 Å². The van der Waals surface area contributed by atoms with Crippen LogP contribution in [0.25, 0.3) is 0 Å². The van der Waals surface area contributed by atoms with E-state index < -0.39 is 5.60 Å². The number of hydrogen-bond donors (Lipinski definition) is 2. The minimum Gasteiger partial charge on any atom is -0.496 e. The summed E-state index contributed by atoms with van der Waals surface area (Å²) < 4.78 is 18.2. The lowest BCUT2D eigenvalue weighted by Gasteiger charge is -2.24. The summed E-state index contributed by atoms with van der Waals surface area (Å²) in [6.07, 6.45) is 0.576. The molecule has 1 fully saturated rings. The molecule has 0 radical (unpaired) electrons. The quantitative estimate of drug-likeness (QED) is 0.767. The molecule has 4 heteroatoms. The van der Waals surface area contributed by atoms with Crippen molar-refractivity contribution >= 4 is 0 Å². The maximum absolute atomic E-state index is 13.1. The van der Waals surface area contributed by atoms with E-state index in [1.54, 1.807) is 6.07 Å². The van der Waals surface area contributed by atoms with Gasteiger partial charge in [-0.25, -0.2) is 4.39 Å². The van der Waals surface area contributed by atoms with Gasteiger partial charge in [-0.05, 0) is 31.2 Å². The second-order valence-corrected chi connectivity index (χ2v) is 3.80. The van der Waals surface area contributed by atoms with Gasteiger partial charge >= 0.3 is 0 Å². The van der Waals surface area contributed by atoms with Crippen molar-refractivity contribution in [3.05, 3.63) is 29.6 Å². The highest BCUT2D eigenvalue weighted by Crippen LogP contribution is 2.34. The van der Waals surface area contributed by atoms with Crippen LogP contribution in [0.1, 0.15) is 12.0 Å². The van der Waals surface area contributed by atoms with Crippen molar-refractivity contribution in [2.75, 3.05) is 20.2 Å². The van der Waals surface area contributed by atoms with Gasteiger partial charge in [-0.3, -0.25) is 0 Å². The summed E-state index contributed by atoms with van der Waals surface area (Å²) in [5.41, 5.74) is -0.483. The molecule has 15 heavy (non-hydrogen) atoms. The number of rotatable bonds is 2. The molecule has 1 aromatic carbocycles. The summed E-state index contributed by atoms with van der Waals surface area (Å²) in [5, 5.41) is 13.3. The first kappa shape index (κ1) is 10.4. The monoisotopic (exact) mass is 211 g/mol. The summed E-state index contributed by atoms with van der Waals surface area (Å²) in [6, 6.07) is 4.21. The van der Waals surface area contributed by atoms with Gasteiger partial charge in [0.05, 0.1) is 7.11 Å². The van der Waals surface area contributed by atoms with Gasteiger partial charge in [0.15, 0.2) is 0 Å². The number of aliphatic hydroxyl groups is 1. The summed E-state index contributed by atoms with van der Waals surface area (Å²) >= 11 is 0. The Labute approximate surface area is 87.9 Å². The van der Waals surface area contributed by atoms with Crippen molar-refractivity contribution in [2.45, 2.75) is 12.0 Å². The summed E-state index contributed by atoms with van der Waals surface area (Å²) in [6.45, 7) is 1.17. The molecule has 82 valence electrons. The van der Waals surface area contributed by atoms with Crippen molar-refractivity contribution in [2.24, 2.45) is 0 Å². The lowest BCUT2D eigenvalue weighted by Crippen LogP contribution is -2.29. The second-order valence-electron chi connectivity index (χ2n) is 3.80. The Morgan fingerprint density at radius 2 is 2.33 bits per heavy atom. The number of methoxy groups -OCH3 is 1. The predicted molar refractivity (Wildman–Crippen MR) is 54.3 cm³/mol. The van der Waals surface area contributed by atoms with Crippen LogP contribution in [0.3, 0.4) is 0 Å². The fourth-order valence-corrected chi connectivity index (χ4v) is 1.95. The van der Waals surface area contributed by atoms with Crippen molar-refractivity contribution in [3.63, 3.8) is 0 Å². The van der Waals surface area contributed by atoms with Crippen LogP contribution in [0, 0.1) is 5.82 Å². The molecule has 0 amide bonds. The van der Waals surface area contributed by atoms with Crippen molar-refractivity contribution < 1.29 is 14.2 Å². The van der Waals surface area contributed by atoms with Gasteiger partial charge in [0.25, 0.3) is 0 Å². The molecule has 1 atom stereocenters. The standard InChI is InChI=1S/C11H14FNO2/c1-15-10-3-2-8(12)6-9(10)11(14)4-5-13-7-11/h2-3,6,13-14H,4-5,7H2,1H3. The van der Waals surface area contributed by atoms with Crippen LogP contribution in [0.5, 0.6) is 5.75 Å². The molecular weight excluding hydrogens is 197 g/mol. The molecule has 1 saturated heterocycles. The molecule has 1 aliphatic rings. The zero-order valence-electron chi connectivity index (χ0n) is 8.59. The fraction of sp³-hybridized carbons (Fsp3) is 0.455. The third kappa shape index (κ3) is 1.82. The predicted octanol–water partition coefficient (Wildman–Crippen LogP) is 1.02. The molecule has 0 saturated carbocycles. The van der Waals surface area contributed by atoms with Gasteiger partial charge in [0.1, 0.15) is 17.2 Å². The van der Waals surface area contributed by atoms with E-state index in [0.717, 1.165) is 6.54 Å². The Morgan fingerprint density at radius 3 is 2.93 bits per heavy atom. The van der Waals surface area contributed by atoms with Gasteiger partial charge in [0, 0.05) is 12.1 Å². The molecule has 0 bridgehead atoms. The van der Waals surface area contributed by atoms with E-state index in [1.807, 2.05) is 0 Å². The molecule has 0 spiro atoms. The maximum Gasteiger partial charge on any atom is 0.125 e. The van der Waals surface area contributed by atoms with Crippen LogP contribution < -0.4 is 10.1 Å². The summed E-state index contributed by atoms with van der Waals surface area (Å²) in [5.74, 6) is 0.175. The van der Waals surface area contributed by atoms with Gasteiger partial charge in [-0.2, -0.15) is 0 Å². The van der Waals surface area contributed by atoms with Crippen LogP contribution in [0.2, 0.25) is 0 Å². The summed E-state index contributed by atoms with van der Waals surface area (Å²) in [4.78, 5) is 0. The van der Waals surface area contributed by atoms with Gasteiger partial charge in [-0.15, -0.1) is 0 Å². The Bertz CT molecular complexity index is 362. The van der Waals surface area contributed by atoms with E-state index >= 15 is 0 Å². The molecule has 3 nitrogen and oxygen atoms in total. The number of nitrogens with one attached hydrogen (secondary N) is 1. The van der Waals surface area contributed by atoms with Crippen LogP contribution in [-0.4, -0.2) is 25.3 Å². The van der Waals surface area contributed by atoms with E-state index in [1.165, 1.54) is 19.2 Å². The van der Waals surface area contributed by atoms with E-state index in [-0.39, 0.29) is 5.82 Å². The molecule has 2 N–H and O–H groups in total. The largest absolute Gasteiger partial charge is 0.496 e. The van der Waals surface area contributed by atoms with Crippen molar-refractivity contribution in [1.82, 2.24) is 5.32 Å². The van der Waals surface area contributed by atoms with Crippen LogP contribution >= 0.6 is 0 Å². The minimum absolute atomic E-state index is 0.355. The Hall–Kier alpha value is -1.13. The number of hydrogen-bond acceptors (Lipinski definition) is 3. The lowest BCUT2D eigenvalue weighted by molar-refractivity contribution is 0.0557. The Balaban J connectivity index is 2.44. The third-order valence-corrected chi connectivity index (χ3v) is 2.80. The van der Waals surface area contributed by atoms with E-state index in [2.05, 4.69) is 5.32 Å². The number of ether oxygens (including phenoxy) is 1. The molecular formula is C11H14FNO2. The van der Waals surface area contributed by atoms with Gasteiger partial charge in [-0.1, -0.05) is 0 Å². The van der Waals surface area contributed by atoms with Crippen LogP contribution in [0.4, 0.5) is 4.39 Å². The number of halogens is 1. The highest BCUT2D eigenvalue weighted by atomic mass is 19.1. The van der Waals surface area contributed by atoms with E-state index in [4.69, 9.17) is 4.74 Å². The highest BCUT2D eigenvalue weighted by Gasteiger charge is 2.35. The first-order valence-electron chi connectivity index (χ1n) is 4.93. The first-order chi connectivity index (χ1) is 7.15. The smallest absolute Gasteiger partial charge is 0.125 e. The maximum atomic E-state index is 13.1. The molecule has 2 rings (SSSR count). The number of β-amino-alcohol motifs (C(OH)–C–C–N with tert-alkyl or cyclic N) is 1. The lowest BCUT2D eigenvalue weighted by atomic mass is 9.92. The van der Waals surface area contributed by atoms with Gasteiger partial charge in [0.2, 0.25) is 0 Å². The zero-order chi connectivity index (χ0) is 10.9. The first-order valence-corrected chi connectivity index (χ1v) is 4.93. The minimum atomic E-state index is -1.01. The van der Waals surface area contributed by atoms with E-state index in [9.17, 15) is 9.50 Å². The van der Waals surface area contributed by atoms with Crippen LogP contribution in [0.15, 0.2) is 18.2 Å². The molecule has 0 aromatic heterocycles. The SMILES string of the molecule is COc1ccc(F)cc1C1(O)CCNC1. The van der Waals surface area contributed by atoms with E-state index in [0.29, 0.717) is 24.3 Å². The Morgan fingerprint density at radius 1 is 1.53 bits per heavy atom. The fourth-order valence-electron chi connectivity index (χ4n) is 1.95. The molecule has 1 unspecified atom stereocenters. The van der Waals surface area contributed by atoms with Crippen molar-refractivity contribution in [1.29, 1.82) is 0 Å². The summed E-state index contributed by atoms with van der Waals surface area (Å²) in [7, 11) is 1.52. The highest BCUT2D eigenvalue weighted by molar-refractivity contribution is 5.39. The second kappa shape index (κ2) is 3.79. The molecule has 0 aliphatic carbocycles. The Kier molecular flexibility index (Phi) is 2.63. The normalized spacial score (nSPS) is 25.5. The average Bonchev–Trinajstić information content (AvgIpc) is 2.66. The molecule has 1 aliphatic heterocycles.